The van der Waals surface area contributed by atoms with Crippen LogP contribution in [0.2, 0.25) is 5.02 Å². The maximum absolute atomic E-state index is 15.9. The van der Waals surface area contributed by atoms with Crippen LogP contribution in [0.4, 0.5) is 4.39 Å². The Bertz CT molecular complexity index is 3470. The van der Waals surface area contributed by atoms with Gasteiger partial charge in [-0.05, 0) is 118 Å². The number of H-pyrrole nitrogens is 1. The Morgan fingerprint density at radius 1 is 0.985 bits per heavy atom. The molecule has 1 saturated carbocycles. The maximum Gasteiger partial charge on any atom is 0.438 e. The number of carbonyl (C=O) groups is 1. The topological polar surface area (TPSA) is 165 Å². The first-order chi connectivity index (χ1) is 32.1. The van der Waals surface area contributed by atoms with Gasteiger partial charge in [0.15, 0.2) is 5.82 Å². The molecule has 1 amide bonds. The van der Waals surface area contributed by atoms with Gasteiger partial charge >= 0.3 is 11.4 Å². The van der Waals surface area contributed by atoms with Crippen LogP contribution in [0.25, 0.3) is 39.0 Å². The first-order valence-electron chi connectivity index (χ1n) is 22.7. The molecule has 3 fully saturated rings. The fourth-order valence-corrected chi connectivity index (χ4v) is 11.7. The molecule has 2 bridgehead atoms. The summed E-state index contributed by atoms with van der Waals surface area (Å²) < 4.78 is 41.2. The van der Waals surface area contributed by atoms with Crippen LogP contribution in [0.15, 0.2) is 81.2 Å². The molecule has 3 aliphatic heterocycles. The van der Waals surface area contributed by atoms with Gasteiger partial charge in [-0.3, -0.25) is 28.1 Å². The predicted octanol–water partition coefficient (Wildman–Crippen LogP) is 7.34. The second-order valence-corrected chi connectivity index (χ2v) is 19.9. The normalized spacial score (nSPS) is 23.3. The third kappa shape index (κ3) is 6.23. The number of ether oxygens (including phenoxy) is 2. The molecule has 12 rings (SSSR count). The van der Waals surface area contributed by atoms with Gasteiger partial charge in [0.05, 0.1) is 64.7 Å². The molecule has 2 saturated heterocycles. The zero-order valence-electron chi connectivity index (χ0n) is 37.8. The third-order valence-corrected chi connectivity index (χ3v) is 15.2. The Hall–Kier alpha value is -6.56. The van der Waals surface area contributed by atoms with Crippen molar-refractivity contribution in [2.45, 2.75) is 89.4 Å². The van der Waals surface area contributed by atoms with Gasteiger partial charge in [-0.2, -0.15) is 10.2 Å². The SMILES string of the molecule is Cc1cc(-n2nc3c(c2-n2ccn(-c4ccc5c(cnn5C)c4Cl)c2=O)[C@@H]2COC[C@H](C3)N2C(=O)c2cc3cc([C@H]4CCOC(C)(C)C4)ccc3n2[C@@]2(c3noc(=O)[nH]3)C[C@@H]2C)cc(C)c1F. The first kappa shape index (κ1) is 41.8. The first-order valence-corrected chi connectivity index (χ1v) is 23.1. The number of fused-ring (bicyclic) bond motifs is 6. The van der Waals surface area contributed by atoms with Crippen molar-refractivity contribution in [1.29, 1.82) is 0 Å². The number of nitrogens with one attached hydrogen (secondary N) is 1. The summed E-state index contributed by atoms with van der Waals surface area (Å²) in [6.45, 7) is 10.7. The maximum atomic E-state index is 15.9. The third-order valence-electron chi connectivity index (χ3n) is 14.8. The molecule has 18 heteroatoms. The molecule has 8 aromatic rings. The minimum atomic E-state index is -0.863. The van der Waals surface area contributed by atoms with Gasteiger partial charge in [0.2, 0.25) is 0 Å². The van der Waals surface area contributed by atoms with Crippen LogP contribution < -0.4 is 11.4 Å². The molecular formula is C49H48ClFN10O6. The van der Waals surface area contributed by atoms with Crippen LogP contribution in [-0.4, -0.2) is 85.7 Å². The van der Waals surface area contributed by atoms with Crippen LogP contribution in [-0.2, 0) is 28.5 Å². The highest BCUT2D eigenvalue weighted by Gasteiger charge is 2.59. The largest absolute Gasteiger partial charge is 0.438 e. The molecule has 67 heavy (non-hydrogen) atoms. The molecule has 5 atom stereocenters. The Labute approximate surface area is 387 Å². The van der Waals surface area contributed by atoms with E-state index in [1.807, 2.05) is 24.1 Å². The summed E-state index contributed by atoms with van der Waals surface area (Å²) in [4.78, 5) is 48.1. The minimum Gasteiger partial charge on any atom is -0.377 e. The number of benzene rings is 3. The molecule has 0 radical (unpaired) electrons. The van der Waals surface area contributed by atoms with Gasteiger partial charge in [-0.25, -0.2) is 18.7 Å². The van der Waals surface area contributed by atoms with E-state index in [0.29, 0.717) is 81.0 Å². The highest BCUT2D eigenvalue weighted by molar-refractivity contribution is 6.37. The van der Waals surface area contributed by atoms with Crippen molar-refractivity contribution in [1.82, 2.24) is 48.3 Å². The number of carbonyl (C=O) groups excluding carboxylic acids is 1. The van der Waals surface area contributed by atoms with E-state index in [4.69, 9.17) is 30.7 Å². The lowest BCUT2D eigenvalue weighted by Crippen LogP contribution is -2.55. The van der Waals surface area contributed by atoms with E-state index >= 15 is 9.18 Å². The predicted molar refractivity (Wildman–Crippen MR) is 246 cm³/mol. The zero-order chi connectivity index (χ0) is 46.4. The monoisotopic (exact) mass is 926 g/mol. The van der Waals surface area contributed by atoms with Gasteiger partial charge in [0.25, 0.3) is 5.91 Å². The van der Waals surface area contributed by atoms with Gasteiger partial charge in [-0.15, -0.1) is 0 Å². The number of imidazole rings is 1. The number of hydrogen-bond acceptors (Lipinski definition) is 9. The molecule has 0 unspecified atom stereocenters. The standard InChI is InChI=1S/C49H48ClFN10O6/c1-25-15-31(16-26(2)42(25)51)61-43(58-13-12-57(47(58)64)37-10-9-36-33(41(37)50)22-52-56(36)6)40-34(54-61)19-32-23-65-24-39(40)59(32)44(62)38-18-30-17-28(29-11-14-66-48(4,5)21-29)7-8-35(30)60(38)49(20-27(49)3)45-53-46(63)67-55-45/h7-10,12-13,15-18,22,27,29,32,39H,11,14,19-21,23-24H2,1-6H3,(H,53,55,63)/t27-,29-,32-,39-,49-/m0/s1. The lowest BCUT2D eigenvalue weighted by Gasteiger charge is -2.45. The number of aromatic amines is 1. The molecular weight excluding hydrogens is 879 g/mol. The van der Waals surface area contributed by atoms with Crippen LogP contribution in [0.3, 0.4) is 0 Å². The number of hydrogen-bond donors (Lipinski definition) is 1. The van der Waals surface area contributed by atoms with E-state index in [1.165, 1.54) is 14.7 Å². The number of halogens is 2. The van der Waals surface area contributed by atoms with Crippen molar-refractivity contribution < 1.29 is 23.2 Å². The second kappa shape index (κ2) is 14.7. The number of amides is 1. The van der Waals surface area contributed by atoms with Crippen molar-refractivity contribution in [2.75, 3.05) is 19.8 Å². The summed E-state index contributed by atoms with van der Waals surface area (Å²) in [5.74, 6) is -0.224. The second-order valence-electron chi connectivity index (χ2n) is 19.5. The molecule has 4 aliphatic rings. The highest BCUT2D eigenvalue weighted by atomic mass is 35.5. The van der Waals surface area contributed by atoms with Gasteiger partial charge in [0.1, 0.15) is 22.9 Å². The number of morpholine rings is 1. The van der Waals surface area contributed by atoms with Crippen LogP contribution >= 0.6 is 11.6 Å². The molecule has 1 aliphatic carbocycles. The molecule has 1 N–H and O–H groups in total. The fourth-order valence-electron chi connectivity index (χ4n) is 11.4. The van der Waals surface area contributed by atoms with Crippen LogP contribution in [0, 0.1) is 25.6 Å². The lowest BCUT2D eigenvalue weighted by atomic mass is 9.83. The molecule has 3 aromatic carbocycles. The van der Waals surface area contributed by atoms with Crippen molar-refractivity contribution in [3.63, 3.8) is 0 Å². The summed E-state index contributed by atoms with van der Waals surface area (Å²) in [7, 11) is 1.82. The van der Waals surface area contributed by atoms with Crippen molar-refractivity contribution >= 4 is 39.3 Å². The number of nitrogens with zero attached hydrogens (tertiary/aromatic N) is 9. The Morgan fingerprint density at radius 2 is 1.75 bits per heavy atom. The van der Waals surface area contributed by atoms with E-state index in [0.717, 1.165) is 29.3 Å². The fraction of sp³-hybridized carbons (Fsp3) is 0.388. The molecule has 16 nitrogen and oxygen atoms in total. The van der Waals surface area contributed by atoms with Crippen LogP contribution in [0.1, 0.15) is 96.3 Å². The average Bonchev–Trinajstić information content (AvgIpc) is 3.92. The Morgan fingerprint density at radius 3 is 2.48 bits per heavy atom. The minimum absolute atomic E-state index is 0.00194. The van der Waals surface area contributed by atoms with Gasteiger partial charge < -0.3 is 18.9 Å². The van der Waals surface area contributed by atoms with Crippen molar-refractivity contribution in [3.8, 4) is 17.2 Å². The summed E-state index contributed by atoms with van der Waals surface area (Å²) in [5, 5.41) is 15.7. The van der Waals surface area contributed by atoms with E-state index in [2.05, 4.69) is 58.8 Å². The quantitative estimate of drug-likeness (QED) is 0.172. The number of rotatable bonds is 7. The molecule has 344 valence electrons. The summed E-state index contributed by atoms with van der Waals surface area (Å²) in [5.41, 5.74) is 4.87. The number of aryl methyl sites for hydroxylation is 3. The Balaban J connectivity index is 1.03. The zero-order valence-corrected chi connectivity index (χ0v) is 38.6. The number of aromatic nitrogens is 9. The summed E-state index contributed by atoms with van der Waals surface area (Å²) in [6.07, 6.45) is 7.66. The van der Waals surface area contributed by atoms with E-state index in [-0.39, 0.29) is 42.4 Å². The molecule has 8 heterocycles. The average molecular weight is 927 g/mol. The smallest absolute Gasteiger partial charge is 0.377 e. The van der Waals surface area contributed by atoms with Crippen molar-refractivity contribution in [2.24, 2.45) is 13.0 Å². The van der Waals surface area contributed by atoms with Crippen molar-refractivity contribution in [3.05, 3.63) is 138 Å². The van der Waals surface area contributed by atoms with E-state index in [9.17, 15) is 9.59 Å². The molecule has 5 aromatic heterocycles. The van der Waals surface area contributed by atoms with E-state index in [1.54, 1.807) is 60.0 Å². The lowest BCUT2D eigenvalue weighted by molar-refractivity contribution is -0.0592. The Kier molecular flexibility index (Phi) is 9.19. The van der Waals surface area contributed by atoms with Gasteiger partial charge in [-0.1, -0.05) is 29.7 Å². The molecule has 0 spiro atoms. The summed E-state index contributed by atoms with van der Waals surface area (Å²) >= 11 is 6.99. The van der Waals surface area contributed by atoms with Crippen LogP contribution in [0.5, 0.6) is 0 Å². The van der Waals surface area contributed by atoms with E-state index < -0.39 is 29.1 Å². The summed E-state index contributed by atoms with van der Waals surface area (Å²) in [6, 6.07) is 14.3. The highest BCUT2D eigenvalue weighted by Crippen LogP contribution is 2.56. The van der Waals surface area contributed by atoms with Gasteiger partial charge in [0, 0.05) is 54.3 Å².